The standard InChI is InChI=1S/C10H10BrF3O3/c1-15-4-5-16-7-2-3-8(11)9(6-7)17-10(12,13)14/h2-3,6H,4-5H2,1H3. The predicted molar refractivity (Wildman–Crippen MR) is 58.2 cm³/mol. The molecule has 1 aromatic rings. The maximum atomic E-state index is 12.1. The highest BCUT2D eigenvalue weighted by Crippen LogP contribution is 2.33. The number of halogens is 4. The topological polar surface area (TPSA) is 27.7 Å². The van der Waals surface area contributed by atoms with Gasteiger partial charge in [-0.2, -0.15) is 0 Å². The second-order valence-electron chi connectivity index (χ2n) is 2.98. The van der Waals surface area contributed by atoms with Crippen molar-refractivity contribution in [3.63, 3.8) is 0 Å². The lowest BCUT2D eigenvalue weighted by atomic mass is 10.3. The SMILES string of the molecule is COCCOc1ccc(Br)c(OC(F)(F)F)c1. The fraction of sp³-hybridized carbons (Fsp3) is 0.400. The lowest BCUT2D eigenvalue weighted by Crippen LogP contribution is -2.17. The Labute approximate surface area is 105 Å². The third-order valence-corrected chi connectivity index (χ3v) is 2.34. The Kier molecular flexibility index (Phi) is 5.07. The molecule has 0 aromatic heterocycles. The molecule has 96 valence electrons. The molecule has 1 rings (SSSR count). The summed E-state index contributed by atoms with van der Waals surface area (Å²) < 4.78 is 50.1. The summed E-state index contributed by atoms with van der Waals surface area (Å²) in [4.78, 5) is 0. The van der Waals surface area contributed by atoms with Crippen molar-refractivity contribution >= 4 is 15.9 Å². The Hall–Kier alpha value is -0.950. The largest absolute Gasteiger partial charge is 0.573 e. The fourth-order valence-corrected chi connectivity index (χ4v) is 1.35. The van der Waals surface area contributed by atoms with Gasteiger partial charge in [-0.05, 0) is 28.1 Å². The maximum Gasteiger partial charge on any atom is 0.573 e. The van der Waals surface area contributed by atoms with E-state index in [9.17, 15) is 13.2 Å². The zero-order valence-electron chi connectivity index (χ0n) is 8.88. The van der Waals surface area contributed by atoms with Crippen LogP contribution in [0.5, 0.6) is 11.5 Å². The molecular formula is C10H10BrF3O3. The molecule has 0 aliphatic rings. The molecule has 0 aliphatic carbocycles. The Balaban J connectivity index is 2.72. The molecule has 0 fully saturated rings. The van der Waals surface area contributed by atoms with Gasteiger partial charge < -0.3 is 14.2 Å². The quantitative estimate of drug-likeness (QED) is 0.780. The zero-order valence-corrected chi connectivity index (χ0v) is 10.5. The lowest BCUT2D eigenvalue weighted by Gasteiger charge is -2.12. The average Bonchev–Trinajstić information content (AvgIpc) is 2.21. The smallest absolute Gasteiger partial charge is 0.491 e. The molecular weight excluding hydrogens is 305 g/mol. The summed E-state index contributed by atoms with van der Waals surface area (Å²) in [6.45, 7) is 0.606. The fourth-order valence-electron chi connectivity index (χ4n) is 1.02. The van der Waals surface area contributed by atoms with Crippen molar-refractivity contribution in [2.24, 2.45) is 0 Å². The van der Waals surface area contributed by atoms with Gasteiger partial charge in [0.2, 0.25) is 0 Å². The van der Waals surface area contributed by atoms with Crippen molar-refractivity contribution in [2.75, 3.05) is 20.3 Å². The monoisotopic (exact) mass is 314 g/mol. The van der Waals surface area contributed by atoms with Crippen molar-refractivity contribution in [2.45, 2.75) is 6.36 Å². The molecule has 0 saturated heterocycles. The van der Waals surface area contributed by atoms with Crippen LogP contribution in [0, 0.1) is 0 Å². The minimum absolute atomic E-state index is 0.203. The highest BCUT2D eigenvalue weighted by Gasteiger charge is 2.32. The van der Waals surface area contributed by atoms with Crippen molar-refractivity contribution in [1.29, 1.82) is 0 Å². The zero-order chi connectivity index (χ0) is 12.9. The molecule has 0 bridgehead atoms. The molecule has 17 heavy (non-hydrogen) atoms. The molecule has 0 N–H and O–H groups in total. The summed E-state index contributed by atoms with van der Waals surface area (Å²) in [5.74, 6) is -0.0584. The number of hydrogen-bond acceptors (Lipinski definition) is 3. The highest BCUT2D eigenvalue weighted by atomic mass is 79.9. The van der Waals surface area contributed by atoms with Gasteiger partial charge in [-0.25, -0.2) is 0 Å². The molecule has 0 amide bonds. The van der Waals surface area contributed by atoms with Gasteiger partial charge in [0.25, 0.3) is 0 Å². The summed E-state index contributed by atoms with van der Waals surface area (Å²) in [6, 6.07) is 4.11. The van der Waals surface area contributed by atoms with Gasteiger partial charge in [0.15, 0.2) is 0 Å². The first kappa shape index (κ1) is 14.1. The number of alkyl halides is 3. The molecule has 1 aromatic carbocycles. The van der Waals surface area contributed by atoms with Crippen LogP contribution in [0.15, 0.2) is 22.7 Å². The summed E-state index contributed by atoms with van der Waals surface area (Å²) in [7, 11) is 1.50. The Bertz CT molecular complexity index is 368. The van der Waals surface area contributed by atoms with E-state index >= 15 is 0 Å². The Morgan fingerprint density at radius 2 is 1.94 bits per heavy atom. The third-order valence-electron chi connectivity index (χ3n) is 1.68. The van der Waals surface area contributed by atoms with Crippen molar-refractivity contribution in [3.8, 4) is 11.5 Å². The molecule has 7 heteroatoms. The van der Waals surface area contributed by atoms with E-state index in [-0.39, 0.29) is 22.6 Å². The van der Waals surface area contributed by atoms with E-state index < -0.39 is 6.36 Å². The lowest BCUT2D eigenvalue weighted by molar-refractivity contribution is -0.274. The van der Waals surface area contributed by atoms with Gasteiger partial charge in [-0.15, -0.1) is 13.2 Å². The molecule has 0 radical (unpaired) electrons. The van der Waals surface area contributed by atoms with Gasteiger partial charge in [0.1, 0.15) is 18.1 Å². The molecule has 0 aliphatic heterocycles. The van der Waals surface area contributed by atoms with E-state index in [0.29, 0.717) is 6.61 Å². The minimum Gasteiger partial charge on any atom is -0.491 e. The van der Waals surface area contributed by atoms with Crippen LogP contribution in [-0.2, 0) is 4.74 Å². The van der Waals surface area contributed by atoms with Gasteiger partial charge in [-0.1, -0.05) is 0 Å². The Morgan fingerprint density at radius 3 is 2.53 bits per heavy atom. The summed E-state index contributed by atoms with van der Waals surface area (Å²) in [5.41, 5.74) is 0. The van der Waals surface area contributed by atoms with Gasteiger partial charge in [0.05, 0.1) is 11.1 Å². The van der Waals surface area contributed by atoms with Gasteiger partial charge >= 0.3 is 6.36 Å². The molecule has 0 heterocycles. The van der Waals surface area contributed by atoms with Gasteiger partial charge in [-0.3, -0.25) is 0 Å². The van der Waals surface area contributed by atoms with Crippen molar-refractivity contribution in [3.05, 3.63) is 22.7 Å². The number of methoxy groups -OCH3 is 1. The summed E-state index contributed by atoms with van der Waals surface area (Å²) in [6.07, 6.45) is -4.73. The summed E-state index contributed by atoms with van der Waals surface area (Å²) >= 11 is 2.96. The molecule has 0 unspecified atom stereocenters. The van der Waals surface area contributed by atoms with Gasteiger partial charge in [0, 0.05) is 13.2 Å². The minimum atomic E-state index is -4.73. The van der Waals surface area contributed by atoms with Crippen LogP contribution in [0.25, 0.3) is 0 Å². The van der Waals surface area contributed by atoms with Crippen LogP contribution in [0.1, 0.15) is 0 Å². The third kappa shape index (κ3) is 5.27. The normalized spacial score (nSPS) is 11.4. The summed E-state index contributed by atoms with van der Waals surface area (Å²) in [5, 5.41) is 0. The molecule has 0 spiro atoms. The van der Waals surface area contributed by atoms with Crippen LogP contribution in [0.2, 0.25) is 0 Å². The molecule has 0 saturated carbocycles. The second kappa shape index (κ2) is 6.11. The number of hydrogen-bond donors (Lipinski definition) is 0. The van der Waals surface area contributed by atoms with Crippen LogP contribution < -0.4 is 9.47 Å². The van der Waals surface area contributed by atoms with Crippen LogP contribution >= 0.6 is 15.9 Å². The first-order chi connectivity index (χ1) is 7.92. The highest BCUT2D eigenvalue weighted by molar-refractivity contribution is 9.10. The van der Waals surface area contributed by atoms with E-state index in [1.54, 1.807) is 0 Å². The predicted octanol–water partition coefficient (Wildman–Crippen LogP) is 3.37. The van der Waals surface area contributed by atoms with E-state index in [1.165, 1.54) is 19.2 Å². The average molecular weight is 315 g/mol. The van der Waals surface area contributed by atoms with E-state index in [2.05, 4.69) is 20.7 Å². The maximum absolute atomic E-state index is 12.1. The Morgan fingerprint density at radius 1 is 1.24 bits per heavy atom. The number of benzene rings is 1. The first-order valence-electron chi connectivity index (χ1n) is 4.59. The van der Waals surface area contributed by atoms with E-state index in [0.717, 1.165) is 6.07 Å². The van der Waals surface area contributed by atoms with E-state index in [4.69, 9.17) is 9.47 Å². The van der Waals surface area contributed by atoms with E-state index in [1.807, 2.05) is 0 Å². The first-order valence-corrected chi connectivity index (χ1v) is 5.38. The second-order valence-corrected chi connectivity index (χ2v) is 3.84. The van der Waals surface area contributed by atoms with Crippen molar-refractivity contribution < 1.29 is 27.4 Å². The van der Waals surface area contributed by atoms with Crippen LogP contribution in [0.3, 0.4) is 0 Å². The number of ether oxygens (including phenoxy) is 3. The van der Waals surface area contributed by atoms with Crippen molar-refractivity contribution in [1.82, 2.24) is 0 Å². The molecule has 3 nitrogen and oxygen atoms in total. The molecule has 0 atom stereocenters. The van der Waals surface area contributed by atoms with Crippen LogP contribution in [0.4, 0.5) is 13.2 Å². The van der Waals surface area contributed by atoms with Crippen LogP contribution in [-0.4, -0.2) is 26.7 Å². The number of rotatable bonds is 5.